The van der Waals surface area contributed by atoms with E-state index in [9.17, 15) is 9.59 Å². The van der Waals surface area contributed by atoms with Gasteiger partial charge in [-0.2, -0.15) is 5.10 Å². The molecule has 0 N–H and O–H groups in total. The summed E-state index contributed by atoms with van der Waals surface area (Å²) in [4.78, 5) is 32.4. The van der Waals surface area contributed by atoms with Crippen LogP contribution in [0.25, 0.3) is 16.7 Å². The summed E-state index contributed by atoms with van der Waals surface area (Å²) >= 11 is 0. The van der Waals surface area contributed by atoms with Crippen LogP contribution in [0.15, 0.2) is 59.8 Å². The summed E-state index contributed by atoms with van der Waals surface area (Å²) in [7, 11) is 0. The van der Waals surface area contributed by atoms with Gasteiger partial charge < -0.3 is 4.90 Å². The molecule has 1 aliphatic rings. The minimum absolute atomic E-state index is 0.0508. The summed E-state index contributed by atoms with van der Waals surface area (Å²) in [5.41, 5.74) is 5.44. The Bertz CT molecular complexity index is 1370. The Kier molecular flexibility index (Phi) is 4.66. The molecule has 0 unspecified atom stereocenters. The van der Waals surface area contributed by atoms with Crippen molar-refractivity contribution < 1.29 is 4.79 Å². The zero-order valence-electron chi connectivity index (χ0n) is 17.6. The Morgan fingerprint density at radius 2 is 1.87 bits per heavy atom. The second kappa shape index (κ2) is 7.50. The smallest absolute Gasteiger partial charge is 0.264 e. The molecular weight excluding hydrogens is 390 g/mol. The van der Waals surface area contributed by atoms with Gasteiger partial charge in [0.05, 0.1) is 11.9 Å². The molecule has 156 valence electrons. The maximum atomic E-state index is 13.1. The molecule has 0 bridgehead atoms. The van der Waals surface area contributed by atoms with Gasteiger partial charge >= 0.3 is 0 Å². The molecule has 0 atom stereocenters. The fourth-order valence-electron chi connectivity index (χ4n) is 4.23. The molecule has 0 radical (unpaired) electrons. The molecule has 4 aromatic rings. The first-order valence-electron chi connectivity index (χ1n) is 10.4. The van der Waals surface area contributed by atoms with Gasteiger partial charge in [0, 0.05) is 12.2 Å². The largest absolute Gasteiger partial charge is 0.311 e. The van der Waals surface area contributed by atoms with E-state index in [1.165, 1.54) is 17.1 Å². The molecule has 0 aliphatic carbocycles. The van der Waals surface area contributed by atoms with E-state index in [0.29, 0.717) is 17.6 Å². The number of hydrogen-bond donors (Lipinski definition) is 0. The number of amides is 1. The molecule has 7 heteroatoms. The molecule has 0 spiro atoms. The topological polar surface area (TPSA) is 73.0 Å². The number of carbonyl (C=O) groups is 1. The Morgan fingerprint density at radius 3 is 2.74 bits per heavy atom. The van der Waals surface area contributed by atoms with E-state index in [-0.39, 0.29) is 18.0 Å². The standard InChI is InChI=1S/C24H23N5O2/c1-16-7-5-11-20(17(16)2)29-23-19(13-26-29)24(31)27(15-25-23)14-22(30)28-12-6-9-18-8-3-4-10-21(18)28/h3-5,7-8,10-11,13,15H,6,9,12,14H2,1-2H3. The van der Waals surface area contributed by atoms with E-state index in [0.717, 1.165) is 40.9 Å². The lowest BCUT2D eigenvalue weighted by molar-refractivity contribution is -0.119. The number of nitrogens with zero attached hydrogens (tertiary/aromatic N) is 5. The highest BCUT2D eigenvalue weighted by Crippen LogP contribution is 2.27. The molecule has 0 saturated heterocycles. The Labute approximate surface area is 179 Å². The summed E-state index contributed by atoms with van der Waals surface area (Å²) < 4.78 is 3.06. The molecule has 2 aromatic carbocycles. The Hall–Kier alpha value is -3.74. The second-order valence-electron chi connectivity index (χ2n) is 7.97. The van der Waals surface area contributed by atoms with Crippen molar-refractivity contribution in [1.82, 2.24) is 19.3 Å². The van der Waals surface area contributed by atoms with Crippen molar-refractivity contribution in [3.05, 3.63) is 82.0 Å². The lowest BCUT2D eigenvalue weighted by Gasteiger charge is -2.29. The van der Waals surface area contributed by atoms with Crippen LogP contribution in [-0.2, 0) is 17.8 Å². The van der Waals surface area contributed by atoms with Gasteiger partial charge in [0.1, 0.15) is 18.3 Å². The summed E-state index contributed by atoms with van der Waals surface area (Å²) in [6, 6.07) is 13.9. The van der Waals surface area contributed by atoms with Crippen LogP contribution in [-0.4, -0.2) is 31.8 Å². The fraction of sp³-hybridized carbons (Fsp3) is 0.250. The van der Waals surface area contributed by atoms with Gasteiger partial charge in [-0.3, -0.25) is 14.2 Å². The third-order valence-electron chi connectivity index (χ3n) is 6.08. The molecule has 0 fully saturated rings. The third-order valence-corrected chi connectivity index (χ3v) is 6.08. The summed E-state index contributed by atoms with van der Waals surface area (Å²) in [5, 5.41) is 4.81. The maximum Gasteiger partial charge on any atom is 0.264 e. The van der Waals surface area contributed by atoms with E-state index in [1.54, 1.807) is 9.58 Å². The van der Waals surface area contributed by atoms with E-state index in [2.05, 4.69) is 16.1 Å². The van der Waals surface area contributed by atoms with Gasteiger partial charge in [-0.1, -0.05) is 30.3 Å². The molecule has 1 aliphatic heterocycles. The van der Waals surface area contributed by atoms with Crippen LogP contribution in [0.4, 0.5) is 5.69 Å². The number of aromatic nitrogens is 4. The number of benzene rings is 2. The Morgan fingerprint density at radius 1 is 1.06 bits per heavy atom. The van der Waals surface area contributed by atoms with Crippen molar-refractivity contribution in [2.75, 3.05) is 11.4 Å². The lowest BCUT2D eigenvalue weighted by Crippen LogP contribution is -2.39. The first-order valence-corrected chi connectivity index (χ1v) is 10.4. The highest BCUT2D eigenvalue weighted by molar-refractivity contribution is 5.94. The monoisotopic (exact) mass is 413 g/mol. The van der Waals surface area contributed by atoms with Gasteiger partial charge in [0.15, 0.2) is 5.65 Å². The SMILES string of the molecule is Cc1cccc(-n2ncc3c(=O)n(CC(=O)N4CCCc5ccccc54)cnc32)c1C. The average Bonchev–Trinajstić information content (AvgIpc) is 3.22. The van der Waals surface area contributed by atoms with Crippen molar-refractivity contribution in [3.8, 4) is 5.69 Å². The van der Waals surface area contributed by atoms with Crippen LogP contribution in [0.1, 0.15) is 23.1 Å². The van der Waals surface area contributed by atoms with Gasteiger partial charge in [0.25, 0.3) is 5.56 Å². The quantitative estimate of drug-likeness (QED) is 0.517. The van der Waals surface area contributed by atoms with Crippen LogP contribution in [0.3, 0.4) is 0 Å². The number of hydrogen-bond acceptors (Lipinski definition) is 4. The minimum Gasteiger partial charge on any atom is -0.311 e. The van der Waals surface area contributed by atoms with Crippen LogP contribution in [0.5, 0.6) is 0 Å². The minimum atomic E-state index is -0.264. The molecule has 31 heavy (non-hydrogen) atoms. The van der Waals surface area contributed by atoms with Crippen LogP contribution >= 0.6 is 0 Å². The Balaban J connectivity index is 1.49. The highest BCUT2D eigenvalue weighted by Gasteiger charge is 2.23. The van der Waals surface area contributed by atoms with Crippen molar-refractivity contribution in [2.24, 2.45) is 0 Å². The second-order valence-corrected chi connectivity index (χ2v) is 7.97. The average molecular weight is 413 g/mol. The zero-order chi connectivity index (χ0) is 21.5. The number of anilines is 1. The summed E-state index contributed by atoms with van der Waals surface area (Å²) in [6.07, 6.45) is 4.86. The predicted molar refractivity (Wildman–Crippen MR) is 120 cm³/mol. The van der Waals surface area contributed by atoms with Crippen molar-refractivity contribution in [1.29, 1.82) is 0 Å². The number of para-hydroxylation sites is 1. The number of aryl methyl sites for hydroxylation is 2. The van der Waals surface area contributed by atoms with Crippen molar-refractivity contribution >= 4 is 22.6 Å². The molecule has 0 saturated carbocycles. The van der Waals surface area contributed by atoms with Gasteiger partial charge in [0.2, 0.25) is 5.91 Å². The number of rotatable bonds is 3. The molecule has 3 heterocycles. The molecule has 1 amide bonds. The summed E-state index contributed by atoms with van der Waals surface area (Å²) in [6.45, 7) is 4.67. The maximum absolute atomic E-state index is 13.1. The van der Waals surface area contributed by atoms with E-state index in [1.807, 2.05) is 50.2 Å². The van der Waals surface area contributed by atoms with Crippen molar-refractivity contribution in [3.63, 3.8) is 0 Å². The van der Waals surface area contributed by atoms with Gasteiger partial charge in [-0.25, -0.2) is 9.67 Å². The molecular formula is C24H23N5O2. The van der Waals surface area contributed by atoms with E-state index < -0.39 is 0 Å². The lowest BCUT2D eigenvalue weighted by atomic mass is 10.0. The number of carbonyl (C=O) groups excluding carboxylic acids is 1. The fourth-order valence-corrected chi connectivity index (χ4v) is 4.23. The number of fused-ring (bicyclic) bond motifs is 2. The molecule has 5 rings (SSSR count). The van der Waals surface area contributed by atoms with Crippen LogP contribution < -0.4 is 10.5 Å². The third kappa shape index (κ3) is 3.22. The van der Waals surface area contributed by atoms with E-state index in [4.69, 9.17) is 0 Å². The van der Waals surface area contributed by atoms with Crippen LogP contribution in [0, 0.1) is 13.8 Å². The van der Waals surface area contributed by atoms with Crippen molar-refractivity contribution in [2.45, 2.75) is 33.2 Å². The molecule has 7 nitrogen and oxygen atoms in total. The van der Waals surface area contributed by atoms with Gasteiger partial charge in [-0.05, 0) is 55.5 Å². The van der Waals surface area contributed by atoms with Crippen LogP contribution in [0.2, 0.25) is 0 Å². The molecule has 2 aromatic heterocycles. The van der Waals surface area contributed by atoms with E-state index >= 15 is 0 Å². The predicted octanol–water partition coefficient (Wildman–Crippen LogP) is 3.18. The zero-order valence-corrected chi connectivity index (χ0v) is 17.6. The highest BCUT2D eigenvalue weighted by atomic mass is 16.2. The summed E-state index contributed by atoms with van der Waals surface area (Å²) in [5.74, 6) is -0.114. The first kappa shape index (κ1) is 19.2. The van der Waals surface area contributed by atoms with Gasteiger partial charge in [-0.15, -0.1) is 0 Å². The normalized spacial score (nSPS) is 13.4. The first-order chi connectivity index (χ1) is 15.0.